The highest BCUT2D eigenvalue weighted by atomic mass is 35.5. The summed E-state index contributed by atoms with van der Waals surface area (Å²) >= 11 is 5.89. The van der Waals surface area contributed by atoms with E-state index in [4.69, 9.17) is 20.5 Å². The molecule has 3 heterocycles. The first-order valence-electron chi connectivity index (χ1n) is 9.76. The number of hydrogen-bond donors (Lipinski definition) is 4. The molecule has 1 saturated heterocycles. The molecule has 4 N–H and O–H groups in total. The lowest BCUT2D eigenvalue weighted by Crippen LogP contribution is -2.40. The van der Waals surface area contributed by atoms with Gasteiger partial charge in [0.1, 0.15) is 35.5 Å². The average molecular weight is 493 g/mol. The molecule has 5 atom stereocenters. The van der Waals surface area contributed by atoms with Gasteiger partial charge < -0.3 is 20.3 Å². The molecule has 0 aromatic carbocycles. The van der Waals surface area contributed by atoms with E-state index in [2.05, 4.69) is 20.3 Å². The highest BCUT2D eigenvalue weighted by Gasteiger charge is 2.45. The fraction of sp³-hybridized carbons (Fsp3) is 0.647. The van der Waals surface area contributed by atoms with Crippen LogP contribution in [0.4, 0.5) is 5.82 Å². The third-order valence-corrected chi connectivity index (χ3v) is 6.06. The summed E-state index contributed by atoms with van der Waals surface area (Å²) in [6, 6.07) is 0. The van der Waals surface area contributed by atoms with Gasteiger partial charge in [-0.05, 0) is 12.3 Å². The minimum atomic E-state index is -4.51. The molecule has 178 valence electrons. The molecule has 1 fully saturated rings. The topological polar surface area (TPSA) is 178 Å². The molecular formula is C17H25ClN6O7S. The highest BCUT2D eigenvalue weighted by molar-refractivity contribution is 7.85. The molecule has 0 bridgehead atoms. The van der Waals surface area contributed by atoms with Crippen LogP contribution < -0.4 is 10.0 Å². The molecule has 2 aromatic rings. The Morgan fingerprint density at radius 2 is 2.03 bits per heavy atom. The molecule has 0 aliphatic carbocycles. The van der Waals surface area contributed by atoms with Crippen molar-refractivity contribution in [2.75, 3.05) is 19.0 Å². The van der Waals surface area contributed by atoms with Crippen molar-refractivity contribution >= 4 is 44.8 Å². The van der Waals surface area contributed by atoms with E-state index < -0.39 is 52.7 Å². The molecule has 0 radical (unpaired) electrons. The van der Waals surface area contributed by atoms with Crippen LogP contribution in [0.15, 0.2) is 12.7 Å². The van der Waals surface area contributed by atoms with E-state index in [1.165, 1.54) is 17.2 Å². The number of carbonyl (C=O) groups is 1. The van der Waals surface area contributed by atoms with Crippen molar-refractivity contribution in [3.05, 3.63) is 12.7 Å². The Kier molecular flexibility index (Phi) is 7.52. The molecule has 0 unspecified atom stereocenters. The summed E-state index contributed by atoms with van der Waals surface area (Å²) in [7, 11) is -2.85. The molecule has 3 rings (SSSR count). The standard InChI is InChI=1S/C17H25ClN6O7S/c1-8(2)4-9(18)16(27)23-32(28,29)30-5-10-12(25)13(26)17(31-10)24-7-22-11-14(19-3)20-6-21-15(11)24/h6-10,12-13,17,25-26H,4-5H2,1-3H3,(H,23,27)(H,19,20,21)/t9-,10+,12+,13+,17+/m0/s1. The lowest BCUT2D eigenvalue weighted by Gasteiger charge is -2.16. The van der Waals surface area contributed by atoms with Gasteiger partial charge in [0, 0.05) is 7.05 Å². The van der Waals surface area contributed by atoms with Gasteiger partial charge in [-0.1, -0.05) is 13.8 Å². The molecule has 1 aliphatic heterocycles. The van der Waals surface area contributed by atoms with Crippen molar-refractivity contribution < 1.29 is 32.3 Å². The van der Waals surface area contributed by atoms with Gasteiger partial charge in [-0.2, -0.15) is 8.42 Å². The lowest BCUT2D eigenvalue weighted by atomic mass is 10.1. The van der Waals surface area contributed by atoms with Crippen LogP contribution in [0.1, 0.15) is 26.5 Å². The van der Waals surface area contributed by atoms with Crippen LogP contribution in [0.5, 0.6) is 0 Å². The number of aliphatic hydroxyl groups excluding tert-OH is 2. The Morgan fingerprint density at radius 3 is 2.69 bits per heavy atom. The number of imidazole rings is 1. The van der Waals surface area contributed by atoms with Gasteiger partial charge in [-0.25, -0.2) is 19.7 Å². The number of hydrogen-bond acceptors (Lipinski definition) is 11. The van der Waals surface area contributed by atoms with Crippen LogP contribution >= 0.6 is 11.6 Å². The van der Waals surface area contributed by atoms with Gasteiger partial charge >= 0.3 is 10.3 Å². The number of carbonyl (C=O) groups excluding carboxylic acids is 1. The zero-order valence-corrected chi connectivity index (χ0v) is 19.1. The van der Waals surface area contributed by atoms with Crippen molar-refractivity contribution in [2.24, 2.45) is 5.92 Å². The number of rotatable bonds is 9. The molecule has 0 spiro atoms. The average Bonchev–Trinajstić information content (AvgIpc) is 3.27. The molecule has 32 heavy (non-hydrogen) atoms. The summed E-state index contributed by atoms with van der Waals surface area (Å²) in [6.07, 6.45) is -2.30. The van der Waals surface area contributed by atoms with Gasteiger partial charge in [0.05, 0.1) is 12.9 Å². The number of aromatic nitrogens is 4. The van der Waals surface area contributed by atoms with Gasteiger partial charge in [0.15, 0.2) is 17.7 Å². The smallest absolute Gasteiger partial charge is 0.362 e. The SMILES string of the molecule is CNc1ncnc2c1ncn2[C@@H]1O[C@H](COS(=O)(=O)NC(=O)[C@@H](Cl)CC(C)C)[C@@H](O)[C@H]1O. The first-order chi connectivity index (χ1) is 15.0. The van der Waals surface area contributed by atoms with Crippen molar-refractivity contribution in [3.63, 3.8) is 0 Å². The normalized spacial score (nSPS) is 24.7. The summed E-state index contributed by atoms with van der Waals surface area (Å²) in [4.78, 5) is 24.3. The first kappa shape index (κ1) is 24.5. The van der Waals surface area contributed by atoms with E-state index >= 15 is 0 Å². The molecule has 1 aliphatic rings. The Bertz CT molecular complexity index is 1060. The predicted molar refractivity (Wildman–Crippen MR) is 113 cm³/mol. The highest BCUT2D eigenvalue weighted by Crippen LogP contribution is 2.32. The molecule has 0 saturated carbocycles. The van der Waals surface area contributed by atoms with Gasteiger partial charge in [0.25, 0.3) is 5.91 Å². The van der Waals surface area contributed by atoms with Gasteiger partial charge in [-0.15, -0.1) is 11.6 Å². The zero-order valence-electron chi connectivity index (χ0n) is 17.5. The monoisotopic (exact) mass is 492 g/mol. The fourth-order valence-corrected chi connectivity index (χ4v) is 4.45. The second kappa shape index (κ2) is 9.80. The van der Waals surface area contributed by atoms with Crippen LogP contribution in [-0.4, -0.2) is 81.4 Å². The summed E-state index contributed by atoms with van der Waals surface area (Å²) < 4.78 is 37.7. The number of ether oxygens (including phenoxy) is 1. The van der Waals surface area contributed by atoms with E-state index in [0.717, 1.165) is 0 Å². The van der Waals surface area contributed by atoms with Crippen LogP contribution in [0, 0.1) is 5.92 Å². The van der Waals surface area contributed by atoms with E-state index in [9.17, 15) is 23.4 Å². The molecule has 13 nitrogen and oxygen atoms in total. The maximum atomic E-state index is 12.1. The number of nitrogens with zero attached hydrogens (tertiary/aromatic N) is 4. The van der Waals surface area contributed by atoms with E-state index in [0.29, 0.717) is 17.0 Å². The molecule has 15 heteroatoms. The molecule has 1 amide bonds. The van der Waals surface area contributed by atoms with E-state index in [-0.39, 0.29) is 12.3 Å². The van der Waals surface area contributed by atoms with Gasteiger partial charge in [0.2, 0.25) is 0 Å². The maximum absolute atomic E-state index is 12.1. The van der Waals surface area contributed by atoms with Crippen LogP contribution in [0.3, 0.4) is 0 Å². The second-order valence-corrected chi connectivity index (χ2v) is 9.52. The number of amides is 1. The Hall–Kier alpha value is -2.10. The maximum Gasteiger partial charge on any atom is 0.362 e. The fourth-order valence-electron chi connectivity index (χ4n) is 3.21. The third kappa shape index (κ3) is 5.27. The second-order valence-electron chi connectivity index (χ2n) is 7.64. The van der Waals surface area contributed by atoms with Crippen LogP contribution in [0.25, 0.3) is 11.2 Å². The Balaban J connectivity index is 1.66. The minimum absolute atomic E-state index is 0.0843. The lowest BCUT2D eigenvalue weighted by molar-refractivity contribution is -0.119. The van der Waals surface area contributed by atoms with Crippen molar-refractivity contribution in [3.8, 4) is 0 Å². The zero-order chi connectivity index (χ0) is 23.6. The summed E-state index contributed by atoms with van der Waals surface area (Å²) in [5, 5.41) is 22.6. The third-order valence-electron chi connectivity index (χ3n) is 4.78. The van der Waals surface area contributed by atoms with Crippen LogP contribution in [-0.2, 0) is 24.0 Å². The Morgan fingerprint density at radius 1 is 1.31 bits per heavy atom. The van der Waals surface area contributed by atoms with E-state index in [1.54, 1.807) is 11.8 Å². The number of aliphatic hydroxyl groups is 2. The van der Waals surface area contributed by atoms with Crippen LogP contribution in [0.2, 0.25) is 0 Å². The Labute approximate surface area is 189 Å². The molecule has 2 aromatic heterocycles. The quantitative estimate of drug-likeness (QED) is 0.332. The number of alkyl halides is 1. The molecular weight excluding hydrogens is 468 g/mol. The van der Waals surface area contributed by atoms with Crippen molar-refractivity contribution in [2.45, 2.75) is 50.2 Å². The largest absolute Gasteiger partial charge is 0.387 e. The van der Waals surface area contributed by atoms with Crippen molar-refractivity contribution in [1.82, 2.24) is 24.2 Å². The van der Waals surface area contributed by atoms with E-state index in [1.807, 2.05) is 13.8 Å². The number of halogens is 1. The summed E-state index contributed by atoms with van der Waals surface area (Å²) in [5.74, 6) is -0.379. The first-order valence-corrected chi connectivity index (χ1v) is 11.6. The number of nitrogens with one attached hydrogen (secondary N) is 2. The summed E-state index contributed by atoms with van der Waals surface area (Å²) in [5.41, 5.74) is 0.752. The summed E-state index contributed by atoms with van der Waals surface area (Å²) in [6.45, 7) is 3.02. The number of anilines is 1. The number of fused-ring (bicyclic) bond motifs is 1. The van der Waals surface area contributed by atoms with Gasteiger partial charge in [-0.3, -0.25) is 13.5 Å². The van der Waals surface area contributed by atoms with Crippen molar-refractivity contribution in [1.29, 1.82) is 0 Å². The minimum Gasteiger partial charge on any atom is -0.387 e. The predicted octanol–water partition coefficient (Wildman–Crippen LogP) is -0.482.